The molecule has 134 valence electrons. The van der Waals surface area contributed by atoms with Crippen molar-refractivity contribution in [1.82, 2.24) is 10.3 Å². The molecule has 0 fully saturated rings. The normalized spacial score (nSPS) is 17.0. The monoisotopic (exact) mass is 366 g/mol. The molecule has 1 N–H and O–H groups in total. The lowest BCUT2D eigenvalue weighted by Crippen LogP contribution is -2.42. The van der Waals surface area contributed by atoms with Crippen molar-refractivity contribution in [2.45, 2.75) is 45.8 Å². The molecule has 5 heteroatoms. The highest BCUT2D eigenvalue weighted by atomic mass is 32.1. The fourth-order valence-electron chi connectivity index (χ4n) is 3.32. The summed E-state index contributed by atoms with van der Waals surface area (Å²) in [5.74, 6) is 0.789. The maximum absolute atomic E-state index is 12.6. The molecule has 0 bridgehead atoms. The molecule has 1 aliphatic heterocycles. The Morgan fingerprint density at radius 1 is 1.31 bits per heavy atom. The first kappa shape index (κ1) is 17.0. The zero-order valence-corrected chi connectivity index (χ0v) is 16.0. The van der Waals surface area contributed by atoms with Crippen LogP contribution in [0, 0.1) is 13.8 Å². The molecule has 0 spiro atoms. The van der Waals surface area contributed by atoms with E-state index in [1.165, 1.54) is 15.8 Å². The summed E-state index contributed by atoms with van der Waals surface area (Å²) in [6.45, 7) is 6.16. The number of carbonyl (C=O) groups excluding carboxylic acids is 1. The van der Waals surface area contributed by atoms with Crippen molar-refractivity contribution in [1.29, 1.82) is 0 Å². The smallest absolute Gasteiger partial charge is 0.261 e. The summed E-state index contributed by atoms with van der Waals surface area (Å²) in [6.07, 6.45) is 0.920. The summed E-state index contributed by atoms with van der Waals surface area (Å²) in [5.41, 5.74) is 4.56. The zero-order chi connectivity index (χ0) is 18.3. The van der Waals surface area contributed by atoms with E-state index in [0.29, 0.717) is 6.42 Å². The van der Waals surface area contributed by atoms with Crippen LogP contribution in [0.3, 0.4) is 0 Å². The molecule has 0 saturated heterocycles. The van der Waals surface area contributed by atoms with Gasteiger partial charge in [0.25, 0.3) is 5.91 Å². The SMILES string of the molecule is Cc1cc2c(cc1C)O[C@@H](C(=O)N[C@H](C)Cc1nc3ccccc3s1)C2. The molecule has 4 rings (SSSR count). The fourth-order valence-corrected chi connectivity index (χ4v) is 4.41. The highest BCUT2D eigenvalue weighted by Gasteiger charge is 2.30. The van der Waals surface area contributed by atoms with Gasteiger partial charge in [0.2, 0.25) is 0 Å². The predicted octanol–water partition coefficient (Wildman–Crippen LogP) is 3.96. The summed E-state index contributed by atoms with van der Waals surface area (Å²) in [6, 6.07) is 12.3. The average Bonchev–Trinajstić information content (AvgIpc) is 3.18. The van der Waals surface area contributed by atoms with Crippen LogP contribution in [-0.4, -0.2) is 23.0 Å². The van der Waals surface area contributed by atoms with Gasteiger partial charge in [-0.1, -0.05) is 18.2 Å². The molecule has 2 heterocycles. The number of hydrogen-bond acceptors (Lipinski definition) is 4. The maximum Gasteiger partial charge on any atom is 0.261 e. The Labute approximate surface area is 157 Å². The summed E-state index contributed by atoms with van der Waals surface area (Å²) >= 11 is 1.68. The van der Waals surface area contributed by atoms with Gasteiger partial charge in [-0.3, -0.25) is 4.79 Å². The van der Waals surface area contributed by atoms with Crippen LogP contribution in [0.1, 0.15) is 28.6 Å². The zero-order valence-electron chi connectivity index (χ0n) is 15.2. The van der Waals surface area contributed by atoms with Crippen molar-refractivity contribution in [2.24, 2.45) is 0 Å². The highest BCUT2D eigenvalue weighted by Crippen LogP contribution is 2.31. The Morgan fingerprint density at radius 2 is 2.08 bits per heavy atom. The minimum Gasteiger partial charge on any atom is -0.480 e. The van der Waals surface area contributed by atoms with Gasteiger partial charge in [-0.2, -0.15) is 0 Å². The molecule has 1 aliphatic rings. The quantitative estimate of drug-likeness (QED) is 0.760. The van der Waals surface area contributed by atoms with Gasteiger partial charge in [0.05, 0.1) is 15.2 Å². The van der Waals surface area contributed by atoms with Crippen molar-refractivity contribution >= 4 is 27.5 Å². The second kappa shape index (κ2) is 6.72. The Kier molecular flexibility index (Phi) is 4.41. The standard InChI is InChI=1S/C21H22N2O2S/c1-12-8-15-11-18(25-17(15)9-13(12)2)21(24)22-14(3)10-20-23-16-6-4-5-7-19(16)26-20/h4-9,14,18H,10-11H2,1-3H3,(H,22,24)/t14-,18-/m1/s1. The number of hydrogen-bond donors (Lipinski definition) is 1. The second-order valence-electron chi connectivity index (χ2n) is 7.04. The molecule has 0 saturated carbocycles. The first-order valence-corrected chi connectivity index (χ1v) is 9.73. The second-order valence-corrected chi connectivity index (χ2v) is 8.16. The molecule has 4 nitrogen and oxygen atoms in total. The van der Waals surface area contributed by atoms with Gasteiger partial charge in [-0.05, 0) is 55.7 Å². The van der Waals surface area contributed by atoms with Gasteiger partial charge in [0.1, 0.15) is 5.75 Å². The number of aryl methyl sites for hydroxylation is 2. The lowest BCUT2D eigenvalue weighted by Gasteiger charge is -2.16. The summed E-state index contributed by atoms with van der Waals surface area (Å²) in [5, 5.41) is 4.12. The minimum absolute atomic E-state index is 0.0128. The van der Waals surface area contributed by atoms with Gasteiger partial charge in [-0.15, -0.1) is 11.3 Å². The first-order chi connectivity index (χ1) is 12.5. The minimum atomic E-state index is -0.441. The number of carbonyl (C=O) groups is 1. The molecule has 1 amide bonds. The third-order valence-corrected chi connectivity index (χ3v) is 5.91. The van der Waals surface area contributed by atoms with Gasteiger partial charge in [0, 0.05) is 18.9 Å². The van der Waals surface area contributed by atoms with Gasteiger partial charge in [0.15, 0.2) is 6.10 Å². The van der Waals surface area contributed by atoms with Crippen LogP contribution in [0.2, 0.25) is 0 Å². The summed E-state index contributed by atoms with van der Waals surface area (Å²) < 4.78 is 7.06. The summed E-state index contributed by atoms with van der Waals surface area (Å²) in [7, 11) is 0. The van der Waals surface area contributed by atoms with Crippen LogP contribution < -0.4 is 10.1 Å². The van der Waals surface area contributed by atoms with Gasteiger partial charge < -0.3 is 10.1 Å². The average molecular weight is 366 g/mol. The van der Waals surface area contributed by atoms with E-state index >= 15 is 0 Å². The van der Waals surface area contributed by atoms with E-state index in [4.69, 9.17) is 4.74 Å². The molecular formula is C21H22N2O2S. The number of aromatic nitrogens is 1. The maximum atomic E-state index is 12.6. The first-order valence-electron chi connectivity index (χ1n) is 8.91. The van der Waals surface area contributed by atoms with Crippen LogP contribution in [0.4, 0.5) is 0 Å². The molecule has 0 unspecified atom stereocenters. The Morgan fingerprint density at radius 3 is 2.88 bits per heavy atom. The number of para-hydroxylation sites is 1. The molecule has 3 aromatic rings. The van der Waals surface area contributed by atoms with E-state index in [9.17, 15) is 4.79 Å². The number of thiazole rings is 1. The number of benzene rings is 2. The number of amides is 1. The third-order valence-electron chi connectivity index (χ3n) is 4.85. The van der Waals surface area contributed by atoms with Crippen molar-refractivity contribution in [2.75, 3.05) is 0 Å². The van der Waals surface area contributed by atoms with Crippen molar-refractivity contribution < 1.29 is 9.53 Å². The van der Waals surface area contributed by atoms with Crippen LogP contribution in [0.15, 0.2) is 36.4 Å². The summed E-state index contributed by atoms with van der Waals surface area (Å²) in [4.78, 5) is 17.2. The van der Waals surface area contributed by atoms with E-state index in [2.05, 4.69) is 36.3 Å². The molecule has 1 aromatic heterocycles. The fraction of sp³-hybridized carbons (Fsp3) is 0.333. The molecule has 0 aliphatic carbocycles. The molecule has 2 atom stereocenters. The number of nitrogens with one attached hydrogen (secondary N) is 1. The van der Waals surface area contributed by atoms with Gasteiger partial charge in [-0.25, -0.2) is 4.98 Å². The van der Waals surface area contributed by atoms with E-state index in [-0.39, 0.29) is 11.9 Å². The van der Waals surface area contributed by atoms with E-state index in [1.54, 1.807) is 11.3 Å². The lowest BCUT2D eigenvalue weighted by molar-refractivity contribution is -0.127. The topological polar surface area (TPSA) is 51.2 Å². The van der Waals surface area contributed by atoms with Crippen LogP contribution in [-0.2, 0) is 17.6 Å². The molecule has 26 heavy (non-hydrogen) atoms. The van der Waals surface area contributed by atoms with Crippen LogP contribution in [0.5, 0.6) is 5.75 Å². The van der Waals surface area contributed by atoms with E-state index in [1.807, 2.05) is 31.2 Å². The Balaban J connectivity index is 1.38. The van der Waals surface area contributed by atoms with Crippen LogP contribution >= 0.6 is 11.3 Å². The highest BCUT2D eigenvalue weighted by molar-refractivity contribution is 7.18. The van der Waals surface area contributed by atoms with Crippen LogP contribution in [0.25, 0.3) is 10.2 Å². The Hall–Kier alpha value is -2.40. The van der Waals surface area contributed by atoms with E-state index in [0.717, 1.165) is 28.3 Å². The van der Waals surface area contributed by atoms with Crippen molar-refractivity contribution in [3.63, 3.8) is 0 Å². The molecular weight excluding hydrogens is 344 g/mol. The molecule has 0 radical (unpaired) electrons. The number of fused-ring (bicyclic) bond motifs is 2. The van der Waals surface area contributed by atoms with Crippen molar-refractivity contribution in [3.8, 4) is 5.75 Å². The lowest BCUT2D eigenvalue weighted by atomic mass is 10.0. The largest absolute Gasteiger partial charge is 0.480 e. The predicted molar refractivity (Wildman–Crippen MR) is 105 cm³/mol. The molecule has 2 aromatic carbocycles. The number of rotatable bonds is 4. The number of nitrogens with zero attached hydrogens (tertiary/aromatic N) is 1. The van der Waals surface area contributed by atoms with Crippen molar-refractivity contribution in [3.05, 3.63) is 58.1 Å². The Bertz CT molecular complexity index is 915. The number of ether oxygens (including phenoxy) is 1. The van der Waals surface area contributed by atoms with Gasteiger partial charge >= 0.3 is 0 Å². The van der Waals surface area contributed by atoms with E-state index < -0.39 is 6.10 Å². The third kappa shape index (κ3) is 3.31.